The molecule has 112 valence electrons. The molecule has 1 amide bonds. The Balaban J connectivity index is 2.57. The van der Waals surface area contributed by atoms with E-state index in [2.05, 4.69) is 10.6 Å². The number of carbonyl (C=O) groups excluding carboxylic acids is 1. The number of rotatable bonds is 8. The molecule has 20 heavy (non-hydrogen) atoms. The molecule has 0 aliphatic carbocycles. The highest BCUT2D eigenvalue weighted by atomic mass is 35.5. The maximum Gasteiger partial charge on any atom is 0.258 e. The molecule has 1 atom stereocenters. The van der Waals surface area contributed by atoms with E-state index in [1.165, 1.54) is 0 Å². The molecule has 0 aliphatic heterocycles. The fourth-order valence-electron chi connectivity index (χ4n) is 1.77. The van der Waals surface area contributed by atoms with Crippen LogP contribution in [-0.4, -0.2) is 39.3 Å². The molecule has 1 rings (SSSR count). The number of carbonyl (C=O) groups is 1. The summed E-state index contributed by atoms with van der Waals surface area (Å²) in [5.41, 5.74) is 0.842. The molecule has 0 heterocycles. The van der Waals surface area contributed by atoms with Crippen LogP contribution in [0.1, 0.15) is 12.5 Å². The zero-order valence-electron chi connectivity index (χ0n) is 12.0. The van der Waals surface area contributed by atoms with Crippen LogP contribution < -0.4 is 15.4 Å². The van der Waals surface area contributed by atoms with Crippen LogP contribution in [0, 0.1) is 0 Å². The van der Waals surface area contributed by atoms with Crippen LogP contribution in [0.2, 0.25) is 5.02 Å². The summed E-state index contributed by atoms with van der Waals surface area (Å²) >= 11 is 6.11. The predicted molar refractivity (Wildman–Crippen MR) is 79.2 cm³/mol. The van der Waals surface area contributed by atoms with Gasteiger partial charge in [0.2, 0.25) is 0 Å². The molecule has 1 aromatic rings. The summed E-state index contributed by atoms with van der Waals surface area (Å²) in [6.07, 6.45) is 0. The highest BCUT2D eigenvalue weighted by Crippen LogP contribution is 2.26. The first-order valence-electron chi connectivity index (χ1n) is 6.41. The molecular formula is C14H21ClN2O3. The fourth-order valence-corrected chi connectivity index (χ4v) is 2.01. The number of halogens is 1. The first kappa shape index (κ1) is 16.8. The van der Waals surface area contributed by atoms with Crippen LogP contribution in [-0.2, 0) is 16.1 Å². The second kappa shape index (κ2) is 8.79. The number of amides is 1. The molecule has 0 bridgehead atoms. The molecule has 6 heteroatoms. The van der Waals surface area contributed by atoms with Crippen molar-refractivity contribution in [1.82, 2.24) is 10.6 Å². The Morgan fingerprint density at radius 2 is 2.20 bits per heavy atom. The Kier molecular flexibility index (Phi) is 7.36. The molecule has 1 aromatic carbocycles. The molecule has 5 nitrogen and oxygen atoms in total. The van der Waals surface area contributed by atoms with E-state index in [1.807, 2.05) is 14.0 Å². The van der Waals surface area contributed by atoms with Gasteiger partial charge in [-0.15, -0.1) is 0 Å². The molecule has 0 spiro atoms. The lowest BCUT2D eigenvalue weighted by Crippen LogP contribution is -2.38. The van der Waals surface area contributed by atoms with Gasteiger partial charge in [-0.1, -0.05) is 17.7 Å². The number of nitrogens with one attached hydrogen (secondary N) is 2. The van der Waals surface area contributed by atoms with Crippen molar-refractivity contribution >= 4 is 17.5 Å². The summed E-state index contributed by atoms with van der Waals surface area (Å²) in [7, 11) is 3.42. The second-order valence-electron chi connectivity index (χ2n) is 4.46. The number of hydrogen-bond donors (Lipinski definition) is 2. The SMILES string of the molecule is CNCc1c(Cl)cccc1OCC(=O)NC(C)COC. The minimum atomic E-state index is -0.190. The zero-order valence-corrected chi connectivity index (χ0v) is 12.8. The fraction of sp³-hybridized carbons (Fsp3) is 0.500. The van der Waals surface area contributed by atoms with Crippen LogP contribution in [0.5, 0.6) is 5.75 Å². The van der Waals surface area contributed by atoms with Gasteiger partial charge in [0.1, 0.15) is 5.75 Å². The topological polar surface area (TPSA) is 59.6 Å². The van der Waals surface area contributed by atoms with Gasteiger partial charge in [0.15, 0.2) is 6.61 Å². The average Bonchev–Trinajstić information content (AvgIpc) is 2.40. The first-order valence-corrected chi connectivity index (χ1v) is 6.79. The smallest absolute Gasteiger partial charge is 0.258 e. The molecule has 2 N–H and O–H groups in total. The minimum absolute atomic E-state index is 0.0489. The van der Waals surface area contributed by atoms with Crippen LogP contribution >= 0.6 is 11.6 Å². The third kappa shape index (κ3) is 5.36. The van der Waals surface area contributed by atoms with Crippen molar-refractivity contribution < 1.29 is 14.3 Å². The summed E-state index contributed by atoms with van der Waals surface area (Å²) < 4.78 is 10.5. The lowest BCUT2D eigenvalue weighted by atomic mass is 10.2. The van der Waals surface area contributed by atoms with Gasteiger partial charge in [-0.25, -0.2) is 0 Å². The normalized spacial score (nSPS) is 12.0. The summed E-state index contributed by atoms with van der Waals surface area (Å²) in [5.74, 6) is 0.423. The van der Waals surface area contributed by atoms with Crippen molar-refractivity contribution in [3.63, 3.8) is 0 Å². The minimum Gasteiger partial charge on any atom is -0.483 e. The van der Waals surface area contributed by atoms with E-state index in [0.717, 1.165) is 5.56 Å². The summed E-state index contributed by atoms with van der Waals surface area (Å²) in [4.78, 5) is 11.7. The molecule has 1 unspecified atom stereocenters. The highest BCUT2D eigenvalue weighted by Gasteiger charge is 2.11. The van der Waals surface area contributed by atoms with Crippen molar-refractivity contribution in [2.75, 3.05) is 27.4 Å². The largest absolute Gasteiger partial charge is 0.483 e. The first-order chi connectivity index (χ1) is 9.58. The van der Waals surface area contributed by atoms with Gasteiger partial charge in [-0.2, -0.15) is 0 Å². The van der Waals surface area contributed by atoms with Crippen molar-refractivity contribution in [3.8, 4) is 5.75 Å². The van der Waals surface area contributed by atoms with Crippen LogP contribution in [0.4, 0.5) is 0 Å². The van der Waals surface area contributed by atoms with Crippen molar-refractivity contribution in [2.24, 2.45) is 0 Å². The standard InChI is InChI=1S/C14H21ClN2O3/c1-10(8-19-3)17-14(18)9-20-13-6-4-5-12(15)11(13)7-16-2/h4-6,10,16H,7-9H2,1-3H3,(H,17,18). The Labute approximate surface area is 124 Å². The summed E-state index contributed by atoms with van der Waals surface area (Å²) in [6, 6.07) is 5.33. The van der Waals surface area contributed by atoms with Gasteiger partial charge in [0, 0.05) is 30.3 Å². The summed E-state index contributed by atoms with van der Waals surface area (Å²) in [5, 5.41) is 6.42. The van der Waals surface area contributed by atoms with Crippen LogP contribution in [0.25, 0.3) is 0 Å². The molecule has 0 aliphatic rings. The Hall–Kier alpha value is -1.30. The maximum atomic E-state index is 11.7. The maximum absolute atomic E-state index is 11.7. The van der Waals surface area contributed by atoms with Gasteiger partial charge in [-0.3, -0.25) is 4.79 Å². The lowest BCUT2D eigenvalue weighted by Gasteiger charge is -2.15. The van der Waals surface area contributed by atoms with E-state index < -0.39 is 0 Å². The Morgan fingerprint density at radius 3 is 2.85 bits per heavy atom. The van der Waals surface area contributed by atoms with E-state index in [1.54, 1.807) is 25.3 Å². The van der Waals surface area contributed by atoms with Gasteiger partial charge in [-0.05, 0) is 26.1 Å². The third-order valence-corrected chi connectivity index (χ3v) is 2.97. The molecule has 0 aromatic heterocycles. The quantitative estimate of drug-likeness (QED) is 0.765. The number of methoxy groups -OCH3 is 1. The Morgan fingerprint density at radius 1 is 1.45 bits per heavy atom. The predicted octanol–water partition coefficient (Wildman–Crippen LogP) is 1.59. The van der Waals surface area contributed by atoms with Gasteiger partial charge in [0.05, 0.1) is 6.61 Å². The van der Waals surface area contributed by atoms with Crippen molar-refractivity contribution in [2.45, 2.75) is 19.5 Å². The molecule has 0 saturated carbocycles. The second-order valence-corrected chi connectivity index (χ2v) is 4.87. The van der Waals surface area contributed by atoms with Crippen LogP contribution in [0.15, 0.2) is 18.2 Å². The summed E-state index contributed by atoms with van der Waals surface area (Å²) in [6.45, 7) is 2.86. The number of hydrogen-bond acceptors (Lipinski definition) is 4. The van der Waals surface area contributed by atoms with Crippen LogP contribution in [0.3, 0.4) is 0 Å². The number of benzene rings is 1. The molecule has 0 saturated heterocycles. The third-order valence-electron chi connectivity index (χ3n) is 2.61. The zero-order chi connectivity index (χ0) is 15.0. The van der Waals surface area contributed by atoms with E-state index in [-0.39, 0.29) is 18.6 Å². The van der Waals surface area contributed by atoms with E-state index in [9.17, 15) is 4.79 Å². The van der Waals surface area contributed by atoms with Gasteiger partial charge >= 0.3 is 0 Å². The molecule has 0 radical (unpaired) electrons. The van der Waals surface area contributed by atoms with E-state index in [0.29, 0.717) is 23.9 Å². The van der Waals surface area contributed by atoms with Gasteiger partial charge < -0.3 is 20.1 Å². The van der Waals surface area contributed by atoms with Crippen molar-refractivity contribution in [3.05, 3.63) is 28.8 Å². The highest BCUT2D eigenvalue weighted by molar-refractivity contribution is 6.31. The molecular weight excluding hydrogens is 280 g/mol. The lowest BCUT2D eigenvalue weighted by molar-refractivity contribution is -0.124. The monoisotopic (exact) mass is 300 g/mol. The van der Waals surface area contributed by atoms with Gasteiger partial charge in [0.25, 0.3) is 5.91 Å². The van der Waals surface area contributed by atoms with Crippen molar-refractivity contribution in [1.29, 1.82) is 0 Å². The molecule has 0 fully saturated rings. The number of ether oxygens (including phenoxy) is 2. The van der Waals surface area contributed by atoms with E-state index >= 15 is 0 Å². The Bertz CT molecular complexity index is 440. The average molecular weight is 301 g/mol. The van der Waals surface area contributed by atoms with E-state index in [4.69, 9.17) is 21.1 Å².